The minimum Gasteiger partial charge on any atom is -0.264 e. The fourth-order valence-electron chi connectivity index (χ4n) is 0.390. The highest BCUT2D eigenvalue weighted by molar-refractivity contribution is 8.07. The van der Waals surface area contributed by atoms with Gasteiger partial charge in [-0.1, -0.05) is 0 Å². The van der Waals surface area contributed by atoms with E-state index in [2.05, 4.69) is 4.98 Å². The van der Waals surface area contributed by atoms with Crippen LogP contribution < -0.4 is 0 Å². The Bertz CT molecular complexity index is 228. The second-order valence-corrected chi connectivity index (χ2v) is 5.98. The summed E-state index contributed by atoms with van der Waals surface area (Å²) >= 11 is 10.5. The van der Waals surface area contributed by atoms with Gasteiger partial charge in [0.2, 0.25) is 0 Å². The standard InChI is InChI=1S/C3H3Cl2N2OP/c4-9(5,8)7-2-1-6-3-7/h1-3H. The van der Waals surface area contributed by atoms with Crippen LogP contribution in [0, 0.1) is 0 Å². The molecular formula is C3H3Cl2N2OP. The molecule has 0 N–H and O–H groups in total. The zero-order valence-electron chi connectivity index (χ0n) is 4.24. The van der Waals surface area contributed by atoms with Gasteiger partial charge in [-0.25, -0.2) is 4.98 Å². The molecule has 1 heterocycles. The monoisotopic (exact) mass is 184 g/mol. The van der Waals surface area contributed by atoms with E-state index < -0.39 is 6.00 Å². The van der Waals surface area contributed by atoms with Crippen molar-refractivity contribution in [2.45, 2.75) is 0 Å². The first-order chi connectivity index (χ1) is 4.11. The van der Waals surface area contributed by atoms with Gasteiger partial charge in [0.25, 0.3) is 0 Å². The van der Waals surface area contributed by atoms with Crippen molar-refractivity contribution in [3.63, 3.8) is 0 Å². The first kappa shape index (κ1) is 7.13. The maximum Gasteiger partial charge on any atom is 0.350 e. The highest BCUT2D eigenvalue weighted by atomic mass is 35.9. The van der Waals surface area contributed by atoms with Gasteiger partial charge in [0.1, 0.15) is 6.33 Å². The summed E-state index contributed by atoms with van der Waals surface area (Å²) in [6, 6.07) is 0. The van der Waals surface area contributed by atoms with E-state index in [1.54, 1.807) is 0 Å². The van der Waals surface area contributed by atoms with Gasteiger partial charge in [-0.2, -0.15) is 0 Å². The van der Waals surface area contributed by atoms with Gasteiger partial charge in [-0.15, -0.1) is 0 Å². The maximum absolute atomic E-state index is 10.7. The Morgan fingerprint density at radius 1 is 1.56 bits per heavy atom. The third-order valence-electron chi connectivity index (χ3n) is 0.759. The molecule has 9 heavy (non-hydrogen) atoms. The van der Waals surface area contributed by atoms with Gasteiger partial charge in [0.05, 0.1) is 0 Å². The number of nitrogens with zero attached hydrogens (tertiary/aromatic N) is 2. The van der Waals surface area contributed by atoms with E-state index in [1.807, 2.05) is 0 Å². The van der Waals surface area contributed by atoms with Crippen LogP contribution in [-0.2, 0) is 4.57 Å². The van der Waals surface area contributed by atoms with E-state index in [1.165, 1.54) is 18.7 Å². The number of hydrogen-bond acceptors (Lipinski definition) is 2. The molecule has 0 aliphatic rings. The van der Waals surface area contributed by atoms with Crippen molar-refractivity contribution >= 4 is 28.5 Å². The molecule has 1 rings (SSSR count). The van der Waals surface area contributed by atoms with E-state index >= 15 is 0 Å². The summed E-state index contributed by atoms with van der Waals surface area (Å²) in [5.41, 5.74) is 0. The first-order valence-electron chi connectivity index (χ1n) is 2.09. The van der Waals surface area contributed by atoms with Crippen LogP contribution in [0.5, 0.6) is 0 Å². The lowest BCUT2D eigenvalue weighted by atomic mass is 11.0. The number of halogens is 2. The Kier molecular flexibility index (Phi) is 1.85. The fourth-order valence-corrected chi connectivity index (χ4v) is 1.32. The van der Waals surface area contributed by atoms with Gasteiger partial charge in [-0.3, -0.25) is 8.90 Å². The largest absolute Gasteiger partial charge is 0.350 e. The van der Waals surface area contributed by atoms with E-state index in [0.29, 0.717) is 0 Å². The zero-order chi connectivity index (χ0) is 6.91. The number of hydrogen-bond donors (Lipinski definition) is 0. The van der Waals surface area contributed by atoms with Crippen molar-refractivity contribution in [3.05, 3.63) is 18.7 Å². The molecule has 0 saturated heterocycles. The number of aromatic nitrogens is 2. The summed E-state index contributed by atoms with van der Waals surface area (Å²) in [6.07, 6.45) is 4.21. The molecule has 0 saturated carbocycles. The van der Waals surface area contributed by atoms with Gasteiger partial charge in [0.15, 0.2) is 0 Å². The summed E-state index contributed by atoms with van der Waals surface area (Å²) < 4.78 is 11.9. The average molecular weight is 185 g/mol. The van der Waals surface area contributed by atoms with Crippen LogP contribution in [0.15, 0.2) is 18.7 Å². The summed E-state index contributed by atoms with van der Waals surface area (Å²) in [4.78, 5) is 3.61. The SMILES string of the molecule is O=P(Cl)(Cl)n1ccnc1. The second-order valence-electron chi connectivity index (χ2n) is 1.38. The number of rotatable bonds is 1. The summed E-state index contributed by atoms with van der Waals surface area (Å²) in [6.45, 7) is 0. The lowest BCUT2D eigenvalue weighted by Gasteiger charge is -1.98. The van der Waals surface area contributed by atoms with E-state index in [0.717, 1.165) is 4.34 Å². The predicted octanol–water partition coefficient (Wildman–Crippen LogP) is 2.32. The van der Waals surface area contributed by atoms with E-state index in [9.17, 15) is 4.57 Å². The molecule has 0 atom stereocenters. The molecule has 0 aliphatic carbocycles. The first-order valence-corrected chi connectivity index (χ1v) is 5.56. The lowest BCUT2D eigenvalue weighted by Crippen LogP contribution is -1.78. The molecule has 0 fully saturated rings. The topological polar surface area (TPSA) is 34.9 Å². The molecule has 0 spiro atoms. The molecule has 6 heteroatoms. The quantitative estimate of drug-likeness (QED) is 0.629. The van der Waals surface area contributed by atoms with Gasteiger partial charge < -0.3 is 0 Å². The van der Waals surface area contributed by atoms with Gasteiger partial charge in [0, 0.05) is 12.4 Å². The Labute approximate surface area is 61.6 Å². The Morgan fingerprint density at radius 3 is 2.44 bits per heavy atom. The Balaban J connectivity index is 3.04. The van der Waals surface area contributed by atoms with Crippen molar-refractivity contribution in [3.8, 4) is 0 Å². The molecule has 50 valence electrons. The van der Waals surface area contributed by atoms with Crippen molar-refractivity contribution in [1.82, 2.24) is 9.32 Å². The minimum absolute atomic E-state index is 1.16. The molecule has 3 nitrogen and oxygen atoms in total. The van der Waals surface area contributed by atoms with Crippen molar-refractivity contribution in [2.75, 3.05) is 0 Å². The van der Waals surface area contributed by atoms with Crippen LogP contribution in [0.25, 0.3) is 0 Å². The highest BCUT2D eigenvalue weighted by Gasteiger charge is 2.14. The van der Waals surface area contributed by atoms with Crippen molar-refractivity contribution < 1.29 is 4.57 Å². The third-order valence-corrected chi connectivity index (χ3v) is 2.58. The molecule has 0 aromatic carbocycles. The lowest BCUT2D eigenvalue weighted by molar-refractivity contribution is 0.587. The second kappa shape index (κ2) is 2.33. The molecule has 0 amide bonds. The van der Waals surface area contributed by atoms with E-state index in [4.69, 9.17) is 22.5 Å². The molecular weight excluding hydrogens is 182 g/mol. The average Bonchev–Trinajstić information content (AvgIpc) is 2.08. The highest BCUT2D eigenvalue weighted by Crippen LogP contribution is 2.57. The third kappa shape index (κ3) is 1.71. The van der Waals surface area contributed by atoms with Crippen LogP contribution >= 0.6 is 28.5 Å². The fraction of sp³-hybridized carbons (Fsp3) is 0. The predicted molar refractivity (Wildman–Crippen MR) is 36.9 cm³/mol. The molecule has 0 radical (unpaired) electrons. The zero-order valence-corrected chi connectivity index (χ0v) is 6.64. The van der Waals surface area contributed by atoms with E-state index in [-0.39, 0.29) is 0 Å². The van der Waals surface area contributed by atoms with Crippen LogP contribution in [-0.4, -0.2) is 9.32 Å². The maximum atomic E-state index is 10.7. The molecule has 1 aromatic heterocycles. The molecule has 0 bridgehead atoms. The minimum atomic E-state index is -3.17. The smallest absolute Gasteiger partial charge is 0.264 e. The van der Waals surface area contributed by atoms with Crippen molar-refractivity contribution in [2.24, 2.45) is 0 Å². The summed E-state index contributed by atoms with van der Waals surface area (Å²) in [5, 5.41) is 0. The van der Waals surface area contributed by atoms with Gasteiger partial charge >= 0.3 is 6.00 Å². The summed E-state index contributed by atoms with van der Waals surface area (Å²) in [7, 11) is 0. The van der Waals surface area contributed by atoms with Crippen LogP contribution in [0.4, 0.5) is 0 Å². The van der Waals surface area contributed by atoms with Crippen molar-refractivity contribution in [1.29, 1.82) is 0 Å². The normalized spacial score (nSPS) is 11.8. The number of imidazole rings is 1. The van der Waals surface area contributed by atoms with Crippen LogP contribution in [0.2, 0.25) is 0 Å². The van der Waals surface area contributed by atoms with Crippen LogP contribution in [0.3, 0.4) is 0 Å². The van der Waals surface area contributed by atoms with Gasteiger partial charge in [-0.05, 0) is 22.5 Å². The molecule has 0 unspecified atom stereocenters. The molecule has 1 aromatic rings. The molecule has 0 aliphatic heterocycles. The summed E-state index contributed by atoms with van der Waals surface area (Å²) in [5.74, 6) is -3.17. The van der Waals surface area contributed by atoms with Crippen LogP contribution in [0.1, 0.15) is 0 Å². The Morgan fingerprint density at radius 2 is 2.22 bits per heavy atom. The Hall–Kier alpha value is 0.0200.